The Labute approximate surface area is 160 Å². The van der Waals surface area contributed by atoms with Crippen LogP contribution in [0, 0.1) is 10.1 Å². The predicted octanol–water partition coefficient (Wildman–Crippen LogP) is 2.02. The molecule has 144 valence electrons. The van der Waals surface area contributed by atoms with Crippen LogP contribution in [0.3, 0.4) is 0 Å². The Morgan fingerprint density at radius 3 is 2.64 bits per heavy atom. The normalized spacial score (nSPS) is 12.1. The standard InChI is InChI=1S/C18H19BN4O5/c1-19(26)21-14(18(24)25)8-10-17-20-15-11-13(23(27)28)7-9-16(15)22(17)12-5-3-2-4-6-12/h2-7,9,11,14,21,26H,8,10H2,1H3,(H,24,25)/t14-/m0/s1. The minimum atomic E-state index is -1.07. The Balaban J connectivity index is 2.02. The topological polar surface area (TPSA) is 131 Å². The van der Waals surface area contributed by atoms with Gasteiger partial charge >= 0.3 is 13.0 Å². The van der Waals surface area contributed by atoms with Crippen LogP contribution in [0.1, 0.15) is 12.2 Å². The highest BCUT2D eigenvalue weighted by Gasteiger charge is 2.22. The number of aromatic nitrogens is 2. The van der Waals surface area contributed by atoms with Crippen LogP contribution in [-0.2, 0) is 11.2 Å². The van der Waals surface area contributed by atoms with E-state index in [1.54, 1.807) is 6.07 Å². The van der Waals surface area contributed by atoms with E-state index >= 15 is 0 Å². The van der Waals surface area contributed by atoms with E-state index in [1.807, 2.05) is 34.9 Å². The van der Waals surface area contributed by atoms with Crippen LogP contribution >= 0.6 is 0 Å². The smallest absolute Gasteiger partial charge is 0.374 e. The quantitative estimate of drug-likeness (QED) is 0.309. The van der Waals surface area contributed by atoms with E-state index in [2.05, 4.69) is 10.2 Å². The number of non-ortho nitro benzene ring substituents is 1. The van der Waals surface area contributed by atoms with Crippen molar-refractivity contribution in [1.29, 1.82) is 0 Å². The largest absolute Gasteiger partial charge is 0.480 e. The van der Waals surface area contributed by atoms with Crippen molar-refractivity contribution < 1.29 is 19.8 Å². The number of carboxylic acids is 1. The third-order valence-electron chi connectivity index (χ3n) is 4.33. The highest BCUT2D eigenvalue weighted by atomic mass is 16.6. The van der Waals surface area contributed by atoms with E-state index in [-0.39, 0.29) is 12.1 Å². The van der Waals surface area contributed by atoms with E-state index in [0.717, 1.165) is 5.69 Å². The Kier molecular flexibility index (Phi) is 5.71. The maximum atomic E-state index is 11.4. The lowest BCUT2D eigenvalue weighted by atomic mass is 9.86. The lowest BCUT2D eigenvalue weighted by molar-refractivity contribution is -0.384. The molecule has 0 saturated carbocycles. The lowest BCUT2D eigenvalue weighted by Gasteiger charge is -2.15. The van der Waals surface area contributed by atoms with Crippen molar-refractivity contribution in [3.63, 3.8) is 0 Å². The predicted molar refractivity (Wildman–Crippen MR) is 104 cm³/mol. The van der Waals surface area contributed by atoms with Gasteiger partial charge in [-0.25, -0.2) is 4.98 Å². The van der Waals surface area contributed by atoms with Gasteiger partial charge in [-0.1, -0.05) is 18.2 Å². The van der Waals surface area contributed by atoms with Gasteiger partial charge in [-0.3, -0.25) is 19.5 Å². The minimum Gasteiger partial charge on any atom is -0.480 e. The molecule has 3 aromatic rings. The van der Waals surface area contributed by atoms with E-state index in [0.29, 0.717) is 23.3 Å². The van der Waals surface area contributed by atoms with Crippen LogP contribution in [0.4, 0.5) is 5.69 Å². The molecule has 0 radical (unpaired) electrons. The highest BCUT2D eigenvalue weighted by molar-refractivity contribution is 6.46. The number of fused-ring (bicyclic) bond motifs is 1. The number of carboxylic acid groups (broad SMARTS) is 1. The molecule has 28 heavy (non-hydrogen) atoms. The summed E-state index contributed by atoms with van der Waals surface area (Å²) in [4.78, 5) is 26.5. The molecule has 2 aromatic carbocycles. The molecule has 0 aliphatic rings. The van der Waals surface area contributed by atoms with E-state index < -0.39 is 24.0 Å². The van der Waals surface area contributed by atoms with Crippen molar-refractivity contribution in [3.05, 3.63) is 64.5 Å². The number of hydrogen-bond acceptors (Lipinski definition) is 6. The number of nitrogens with zero attached hydrogens (tertiary/aromatic N) is 3. The van der Waals surface area contributed by atoms with Crippen molar-refractivity contribution in [3.8, 4) is 5.69 Å². The summed E-state index contributed by atoms with van der Waals surface area (Å²) in [7, 11) is -0.961. The molecule has 9 nitrogen and oxygen atoms in total. The van der Waals surface area contributed by atoms with Gasteiger partial charge < -0.3 is 15.4 Å². The summed E-state index contributed by atoms with van der Waals surface area (Å²) in [5.41, 5.74) is 1.92. The van der Waals surface area contributed by atoms with Gasteiger partial charge in [0.2, 0.25) is 0 Å². The van der Waals surface area contributed by atoms with Gasteiger partial charge in [0.05, 0.1) is 22.0 Å². The zero-order valence-corrected chi connectivity index (χ0v) is 15.1. The first-order valence-electron chi connectivity index (χ1n) is 8.75. The molecule has 3 rings (SSSR count). The number of rotatable bonds is 8. The Morgan fingerprint density at radius 2 is 2.04 bits per heavy atom. The molecular formula is C18H19BN4O5. The fraction of sp³-hybridized carbons (Fsp3) is 0.222. The molecule has 0 unspecified atom stereocenters. The van der Waals surface area contributed by atoms with Gasteiger partial charge in [0.25, 0.3) is 5.69 Å². The molecule has 0 saturated heterocycles. The monoisotopic (exact) mass is 382 g/mol. The van der Waals surface area contributed by atoms with Crippen LogP contribution in [-0.4, -0.2) is 43.7 Å². The van der Waals surface area contributed by atoms with Crippen LogP contribution < -0.4 is 5.23 Å². The van der Waals surface area contributed by atoms with Gasteiger partial charge in [-0.2, -0.15) is 0 Å². The molecule has 1 aromatic heterocycles. The lowest BCUT2D eigenvalue weighted by Crippen LogP contribution is -2.45. The fourth-order valence-electron chi connectivity index (χ4n) is 3.11. The van der Waals surface area contributed by atoms with Gasteiger partial charge in [0.1, 0.15) is 5.82 Å². The van der Waals surface area contributed by atoms with Gasteiger partial charge in [-0.05, 0) is 31.4 Å². The van der Waals surface area contributed by atoms with E-state index in [1.165, 1.54) is 19.0 Å². The number of nitro groups is 1. The molecule has 0 spiro atoms. The molecule has 0 aliphatic heterocycles. The summed E-state index contributed by atoms with van der Waals surface area (Å²) in [5, 5.41) is 32.5. The average Bonchev–Trinajstić information content (AvgIpc) is 3.02. The second kappa shape index (κ2) is 8.20. The third kappa shape index (κ3) is 4.18. The molecule has 1 heterocycles. The fourth-order valence-corrected chi connectivity index (χ4v) is 3.11. The van der Waals surface area contributed by atoms with Gasteiger partial charge in [0, 0.05) is 24.2 Å². The summed E-state index contributed by atoms with van der Waals surface area (Å²) in [5.74, 6) is -0.487. The highest BCUT2D eigenvalue weighted by Crippen LogP contribution is 2.26. The maximum Gasteiger partial charge on any atom is 0.374 e. The van der Waals surface area contributed by atoms with Crippen molar-refractivity contribution in [2.75, 3.05) is 0 Å². The number of hydrogen-bond donors (Lipinski definition) is 3. The van der Waals surface area contributed by atoms with E-state index in [9.17, 15) is 25.0 Å². The molecule has 0 aliphatic carbocycles. The molecule has 3 N–H and O–H groups in total. The first-order valence-corrected chi connectivity index (χ1v) is 8.75. The van der Waals surface area contributed by atoms with Crippen LogP contribution in [0.15, 0.2) is 48.5 Å². The number of aryl methyl sites for hydroxylation is 1. The van der Waals surface area contributed by atoms with E-state index in [4.69, 9.17) is 0 Å². The van der Waals surface area contributed by atoms with Crippen LogP contribution in [0.2, 0.25) is 6.82 Å². The van der Waals surface area contributed by atoms with Crippen molar-refractivity contribution in [2.45, 2.75) is 25.7 Å². The van der Waals surface area contributed by atoms with Crippen molar-refractivity contribution in [2.24, 2.45) is 0 Å². The summed E-state index contributed by atoms with van der Waals surface area (Å²) >= 11 is 0. The van der Waals surface area contributed by atoms with Crippen molar-refractivity contribution in [1.82, 2.24) is 14.8 Å². The number of imidazole rings is 1. The van der Waals surface area contributed by atoms with Gasteiger partial charge in [0.15, 0.2) is 0 Å². The van der Waals surface area contributed by atoms with Gasteiger partial charge in [-0.15, -0.1) is 0 Å². The summed E-state index contributed by atoms with van der Waals surface area (Å²) in [6.07, 6.45) is 0.493. The second-order valence-electron chi connectivity index (χ2n) is 6.40. The summed E-state index contributed by atoms with van der Waals surface area (Å²) in [6, 6.07) is 12.9. The molecule has 0 amide bonds. The molecule has 10 heteroatoms. The number of benzene rings is 2. The Bertz CT molecular complexity index is 1010. The number of nitro benzene ring substituents is 1. The van der Waals surface area contributed by atoms with Crippen LogP contribution in [0.5, 0.6) is 0 Å². The number of carbonyl (C=O) groups is 1. The Morgan fingerprint density at radius 1 is 1.32 bits per heavy atom. The molecule has 0 bridgehead atoms. The zero-order chi connectivity index (χ0) is 20.3. The first-order chi connectivity index (χ1) is 13.4. The molecule has 0 fully saturated rings. The Hall–Kier alpha value is -3.24. The second-order valence-corrected chi connectivity index (χ2v) is 6.40. The number of para-hydroxylation sites is 1. The zero-order valence-electron chi connectivity index (χ0n) is 15.1. The van der Waals surface area contributed by atoms with Crippen LogP contribution in [0.25, 0.3) is 16.7 Å². The first kappa shape index (κ1) is 19.5. The summed E-state index contributed by atoms with van der Waals surface area (Å²) in [6.45, 7) is 1.45. The molecule has 1 atom stereocenters. The molecular weight excluding hydrogens is 363 g/mol. The number of aliphatic carboxylic acids is 1. The number of nitrogens with one attached hydrogen (secondary N) is 1. The maximum absolute atomic E-state index is 11.4. The average molecular weight is 382 g/mol. The van der Waals surface area contributed by atoms with Crippen molar-refractivity contribution >= 4 is 29.7 Å². The third-order valence-corrected chi connectivity index (χ3v) is 4.33. The minimum absolute atomic E-state index is 0.0593. The SMILES string of the molecule is CB(O)N[C@@H](CCc1nc2cc([N+](=O)[O-])ccc2n1-c1ccccc1)C(=O)O. The summed E-state index contributed by atoms with van der Waals surface area (Å²) < 4.78 is 1.86.